The molecule has 2 atom stereocenters. The molecular weight excluding hydrogens is 400 g/mol. The summed E-state index contributed by atoms with van der Waals surface area (Å²) in [5.41, 5.74) is 4.45. The summed E-state index contributed by atoms with van der Waals surface area (Å²) in [7, 11) is -1.83. The molecule has 0 radical (unpaired) electrons. The van der Waals surface area contributed by atoms with Crippen molar-refractivity contribution in [3.8, 4) is 5.75 Å². The van der Waals surface area contributed by atoms with Crippen molar-refractivity contribution in [2.75, 3.05) is 17.6 Å². The second-order valence-corrected chi connectivity index (χ2v) is 9.96. The van der Waals surface area contributed by atoms with E-state index in [1.165, 1.54) is 35.3 Å². The molecule has 162 valence electrons. The SMILES string of the molecule is C[C@H](Oc1ccc(N(C)S(C)(=O)=O)cc1)C(=O)N[C@H](C)c1ccc2c(c1)CCCC2. The number of nitrogens with one attached hydrogen (secondary N) is 1. The van der Waals surface area contributed by atoms with Crippen LogP contribution in [-0.2, 0) is 27.7 Å². The number of hydrogen-bond acceptors (Lipinski definition) is 4. The van der Waals surface area contributed by atoms with E-state index >= 15 is 0 Å². The number of fused-ring (bicyclic) bond motifs is 1. The Kier molecular flexibility index (Phi) is 6.71. The van der Waals surface area contributed by atoms with E-state index in [1.54, 1.807) is 31.2 Å². The van der Waals surface area contributed by atoms with Crippen LogP contribution in [0, 0.1) is 0 Å². The van der Waals surface area contributed by atoms with E-state index in [0.717, 1.165) is 24.7 Å². The molecule has 0 spiro atoms. The summed E-state index contributed by atoms with van der Waals surface area (Å²) in [6, 6.07) is 13.0. The van der Waals surface area contributed by atoms with Gasteiger partial charge in [0.15, 0.2) is 6.10 Å². The van der Waals surface area contributed by atoms with E-state index in [1.807, 2.05) is 6.92 Å². The molecule has 0 aromatic heterocycles. The van der Waals surface area contributed by atoms with Gasteiger partial charge >= 0.3 is 0 Å². The molecule has 0 saturated carbocycles. The Bertz CT molecular complexity index is 1000. The third kappa shape index (κ3) is 5.33. The van der Waals surface area contributed by atoms with Crippen LogP contribution in [0.3, 0.4) is 0 Å². The molecule has 0 fully saturated rings. The molecule has 0 bridgehead atoms. The van der Waals surface area contributed by atoms with E-state index in [2.05, 4.69) is 23.5 Å². The molecule has 3 rings (SSSR count). The van der Waals surface area contributed by atoms with Crippen LogP contribution >= 0.6 is 0 Å². The normalized spacial score (nSPS) is 15.6. The molecule has 6 nitrogen and oxygen atoms in total. The van der Waals surface area contributed by atoms with Crippen LogP contribution in [0.25, 0.3) is 0 Å². The van der Waals surface area contributed by atoms with Gasteiger partial charge in [0.05, 0.1) is 18.0 Å². The van der Waals surface area contributed by atoms with Gasteiger partial charge in [0.2, 0.25) is 10.0 Å². The van der Waals surface area contributed by atoms with E-state index < -0.39 is 16.1 Å². The first-order valence-electron chi connectivity index (χ1n) is 10.3. The van der Waals surface area contributed by atoms with Crippen LogP contribution < -0.4 is 14.4 Å². The van der Waals surface area contributed by atoms with Crippen LogP contribution in [0.15, 0.2) is 42.5 Å². The minimum atomic E-state index is -3.32. The molecule has 1 amide bonds. The smallest absolute Gasteiger partial charge is 0.261 e. The van der Waals surface area contributed by atoms with Crippen molar-refractivity contribution in [1.82, 2.24) is 5.32 Å². The fourth-order valence-electron chi connectivity index (χ4n) is 3.62. The Labute approximate surface area is 179 Å². The number of nitrogens with zero attached hydrogens (tertiary/aromatic N) is 1. The summed E-state index contributed by atoms with van der Waals surface area (Å²) in [5.74, 6) is 0.308. The van der Waals surface area contributed by atoms with E-state index in [0.29, 0.717) is 11.4 Å². The molecule has 0 heterocycles. The van der Waals surface area contributed by atoms with Gasteiger partial charge in [-0.2, -0.15) is 0 Å². The summed E-state index contributed by atoms with van der Waals surface area (Å²) in [6.07, 6.45) is 5.19. The lowest BCUT2D eigenvalue weighted by molar-refractivity contribution is -0.127. The summed E-state index contributed by atoms with van der Waals surface area (Å²) in [5, 5.41) is 3.02. The van der Waals surface area contributed by atoms with Gasteiger partial charge in [-0.1, -0.05) is 18.2 Å². The highest BCUT2D eigenvalue weighted by atomic mass is 32.2. The van der Waals surface area contributed by atoms with Crippen LogP contribution in [0.4, 0.5) is 5.69 Å². The highest BCUT2D eigenvalue weighted by Crippen LogP contribution is 2.25. The molecule has 30 heavy (non-hydrogen) atoms. The Morgan fingerprint density at radius 3 is 2.30 bits per heavy atom. The zero-order chi connectivity index (χ0) is 21.9. The van der Waals surface area contributed by atoms with Crippen LogP contribution in [0.1, 0.15) is 49.4 Å². The first-order chi connectivity index (χ1) is 14.1. The van der Waals surface area contributed by atoms with Crippen molar-refractivity contribution in [2.45, 2.75) is 51.7 Å². The van der Waals surface area contributed by atoms with Crippen molar-refractivity contribution < 1.29 is 17.9 Å². The van der Waals surface area contributed by atoms with Gasteiger partial charge in [0.1, 0.15) is 5.75 Å². The number of carbonyl (C=O) groups is 1. The Hall–Kier alpha value is -2.54. The van der Waals surface area contributed by atoms with Crippen molar-refractivity contribution in [2.24, 2.45) is 0 Å². The lowest BCUT2D eigenvalue weighted by Gasteiger charge is -2.22. The highest BCUT2D eigenvalue weighted by Gasteiger charge is 2.19. The fraction of sp³-hybridized carbons (Fsp3) is 0.435. The maximum Gasteiger partial charge on any atom is 0.261 e. The maximum absolute atomic E-state index is 12.6. The quantitative estimate of drug-likeness (QED) is 0.728. The average Bonchev–Trinajstić information content (AvgIpc) is 2.72. The third-order valence-corrected chi connectivity index (χ3v) is 6.82. The summed E-state index contributed by atoms with van der Waals surface area (Å²) in [6.45, 7) is 3.68. The number of carbonyl (C=O) groups excluding carboxylic acids is 1. The van der Waals surface area contributed by atoms with Crippen molar-refractivity contribution in [1.29, 1.82) is 0 Å². The second kappa shape index (κ2) is 9.08. The monoisotopic (exact) mass is 430 g/mol. The van der Waals surface area contributed by atoms with Crippen molar-refractivity contribution >= 4 is 21.6 Å². The molecule has 2 aromatic rings. The molecule has 2 aromatic carbocycles. The highest BCUT2D eigenvalue weighted by molar-refractivity contribution is 7.92. The molecule has 0 unspecified atom stereocenters. The number of ether oxygens (including phenoxy) is 1. The largest absolute Gasteiger partial charge is 0.481 e. The molecule has 1 N–H and O–H groups in total. The van der Waals surface area contributed by atoms with Gasteiger partial charge in [0, 0.05) is 7.05 Å². The first kappa shape index (κ1) is 22.2. The van der Waals surface area contributed by atoms with E-state index in [4.69, 9.17) is 4.74 Å². The minimum absolute atomic E-state index is 0.110. The zero-order valence-corrected chi connectivity index (χ0v) is 18.8. The molecule has 0 aliphatic heterocycles. The Morgan fingerprint density at radius 1 is 1.03 bits per heavy atom. The average molecular weight is 431 g/mol. The first-order valence-corrected chi connectivity index (χ1v) is 12.1. The van der Waals surface area contributed by atoms with Crippen LogP contribution in [0.5, 0.6) is 5.75 Å². The van der Waals surface area contributed by atoms with Gasteiger partial charge < -0.3 is 10.1 Å². The van der Waals surface area contributed by atoms with E-state index in [-0.39, 0.29) is 11.9 Å². The van der Waals surface area contributed by atoms with Crippen LogP contribution in [-0.4, -0.2) is 33.7 Å². The van der Waals surface area contributed by atoms with Gasteiger partial charge in [-0.25, -0.2) is 8.42 Å². The predicted molar refractivity (Wildman–Crippen MR) is 119 cm³/mol. The number of anilines is 1. The van der Waals surface area contributed by atoms with Crippen molar-refractivity contribution in [3.63, 3.8) is 0 Å². The molecule has 1 aliphatic rings. The molecule has 7 heteroatoms. The molecule has 0 saturated heterocycles. The minimum Gasteiger partial charge on any atom is -0.481 e. The van der Waals surface area contributed by atoms with E-state index in [9.17, 15) is 13.2 Å². The Morgan fingerprint density at radius 2 is 1.67 bits per heavy atom. The maximum atomic E-state index is 12.6. The number of sulfonamides is 1. The Balaban J connectivity index is 1.59. The zero-order valence-electron chi connectivity index (χ0n) is 18.0. The summed E-state index contributed by atoms with van der Waals surface area (Å²) < 4.78 is 30.2. The van der Waals surface area contributed by atoms with Crippen LogP contribution in [0.2, 0.25) is 0 Å². The number of benzene rings is 2. The van der Waals surface area contributed by atoms with Gasteiger partial charge in [-0.15, -0.1) is 0 Å². The third-order valence-electron chi connectivity index (χ3n) is 5.61. The second-order valence-electron chi connectivity index (χ2n) is 7.95. The van der Waals surface area contributed by atoms with Gasteiger partial charge in [-0.3, -0.25) is 9.10 Å². The number of amides is 1. The number of rotatable bonds is 7. The molecular formula is C23H30N2O4S. The molecule has 1 aliphatic carbocycles. The fourth-order valence-corrected chi connectivity index (χ4v) is 4.13. The topological polar surface area (TPSA) is 75.7 Å². The number of aryl methyl sites for hydroxylation is 2. The van der Waals surface area contributed by atoms with Gasteiger partial charge in [0.25, 0.3) is 5.91 Å². The lowest BCUT2D eigenvalue weighted by Crippen LogP contribution is -2.37. The summed E-state index contributed by atoms with van der Waals surface area (Å²) >= 11 is 0. The van der Waals surface area contributed by atoms with Gasteiger partial charge in [-0.05, 0) is 80.5 Å². The standard InChI is InChI=1S/C23H30N2O4S/c1-16(19-10-9-18-7-5-6-8-20(18)15-19)24-23(26)17(2)29-22-13-11-21(12-14-22)25(3)30(4,27)28/h9-17H,5-8H2,1-4H3,(H,24,26)/t16-,17+/m1/s1. The summed E-state index contributed by atoms with van der Waals surface area (Å²) in [4.78, 5) is 12.6. The van der Waals surface area contributed by atoms with Crippen molar-refractivity contribution in [3.05, 3.63) is 59.2 Å². The predicted octanol–water partition coefficient (Wildman–Crippen LogP) is 3.61. The number of hydrogen-bond donors (Lipinski definition) is 1. The lowest BCUT2D eigenvalue weighted by atomic mass is 9.89.